The third-order valence-electron chi connectivity index (χ3n) is 1.95. The summed E-state index contributed by atoms with van der Waals surface area (Å²) in [5.74, 6) is 0.0550. The topological polar surface area (TPSA) is 38.3 Å². The highest BCUT2D eigenvalue weighted by Gasteiger charge is 2.10. The smallest absolute Gasteiger partial charge is 0.273 e. The Morgan fingerprint density at radius 2 is 2.19 bits per heavy atom. The van der Waals surface area contributed by atoms with Gasteiger partial charge < -0.3 is 0 Å². The third kappa shape index (κ3) is 3.83. The van der Waals surface area contributed by atoms with Crippen molar-refractivity contribution in [2.75, 3.05) is 6.61 Å². The number of aryl methyl sites for hydroxylation is 1. The van der Waals surface area contributed by atoms with Gasteiger partial charge in [0.2, 0.25) is 0 Å². The molecule has 1 N–H and O–H groups in total. The zero-order valence-electron chi connectivity index (χ0n) is 9.71. The highest BCUT2D eigenvalue weighted by Crippen LogP contribution is 2.17. The zero-order chi connectivity index (χ0) is 12.1. The van der Waals surface area contributed by atoms with E-state index in [4.69, 9.17) is 16.4 Å². The van der Waals surface area contributed by atoms with Gasteiger partial charge in [-0.3, -0.25) is 9.63 Å². The van der Waals surface area contributed by atoms with Crippen molar-refractivity contribution in [3.05, 3.63) is 34.3 Å². The molecule has 0 aliphatic heterocycles. The zero-order valence-corrected chi connectivity index (χ0v) is 10.5. The van der Waals surface area contributed by atoms with Gasteiger partial charge in [0.25, 0.3) is 5.91 Å². The number of hydrogen-bond donors (Lipinski definition) is 1. The van der Waals surface area contributed by atoms with Crippen LogP contribution in [-0.2, 0) is 4.84 Å². The number of halogens is 1. The van der Waals surface area contributed by atoms with Crippen LogP contribution in [0.25, 0.3) is 0 Å². The van der Waals surface area contributed by atoms with Crippen LogP contribution in [0, 0.1) is 12.8 Å². The van der Waals surface area contributed by atoms with Gasteiger partial charge >= 0.3 is 0 Å². The standard InChI is InChI=1S/C12H16ClNO2/c1-8(2)7-16-14-12(15)10-5-4-9(3)6-11(10)13/h4-6,8H,7H2,1-3H3,(H,14,15). The van der Waals surface area contributed by atoms with E-state index in [9.17, 15) is 4.79 Å². The molecule has 0 aromatic heterocycles. The SMILES string of the molecule is Cc1ccc(C(=O)NOCC(C)C)c(Cl)c1. The summed E-state index contributed by atoms with van der Waals surface area (Å²) < 4.78 is 0. The Hall–Kier alpha value is -1.06. The highest BCUT2D eigenvalue weighted by molar-refractivity contribution is 6.33. The second-order valence-corrected chi connectivity index (χ2v) is 4.53. The van der Waals surface area contributed by atoms with Crippen LogP contribution in [0.4, 0.5) is 0 Å². The van der Waals surface area contributed by atoms with Crippen molar-refractivity contribution in [1.82, 2.24) is 5.48 Å². The normalized spacial score (nSPS) is 10.6. The molecule has 0 saturated carbocycles. The second-order valence-electron chi connectivity index (χ2n) is 4.12. The first kappa shape index (κ1) is 13.0. The van der Waals surface area contributed by atoms with E-state index in [1.165, 1.54) is 0 Å². The van der Waals surface area contributed by atoms with Crippen molar-refractivity contribution >= 4 is 17.5 Å². The summed E-state index contributed by atoms with van der Waals surface area (Å²) in [4.78, 5) is 16.7. The van der Waals surface area contributed by atoms with E-state index in [0.717, 1.165) is 5.56 Å². The molecule has 88 valence electrons. The third-order valence-corrected chi connectivity index (χ3v) is 2.26. The summed E-state index contributed by atoms with van der Waals surface area (Å²) in [5.41, 5.74) is 3.81. The van der Waals surface area contributed by atoms with Gasteiger partial charge in [-0.1, -0.05) is 31.5 Å². The van der Waals surface area contributed by atoms with Crippen LogP contribution < -0.4 is 5.48 Å². The van der Waals surface area contributed by atoms with Crippen LogP contribution >= 0.6 is 11.6 Å². The Morgan fingerprint density at radius 3 is 2.75 bits per heavy atom. The lowest BCUT2D eigenvalue weighted by atomic mass is 10.1. The molecule has 3 nitrogen and oxygen atoms in total. The maximum Gasteiger partial charge on any atom is 0.276 e. The molecule has 0 aliphatic carbocycles. The van der Waals surface area contributed by atoms with Crippen LogP contribution in [0.15, 0.2) is 18.2 Å². The molecule has 1 aromatic rings. The monoisotopic (exact) mass is 241 g/mol. The quantitative estimate of drug-likeness (QED) is 0.823. The van der Waals surface area contributed by atoms with Crippen molar-refractivity contribution < 1.29 is 9.63 Å². The van der Waals surface area contributed by atoms with Gasteiger partial charge in [0.05, 0.1) is 17.2 Å². The summed E-state index contributed by atoms with van der Waals surface area (Å²) in [5, 5.41) is 0.436. The fourth-order valence-electron chi connectivity index (χ4n) is 1.13. The summed E-state index contributed by atoms with van der Waals surface area (Å²) in [7, 11) is 0. The lowest BCUT2D eigenvalue weighted by molar-refractivity contribution is 0.0209. The predicted octanol–water partition coefficient (Wildman–Crippen LogP) is 2.97. The molecule has 4 heteroatoms. The molecule has 0 bridgehead atoms. The van der Waals surface area contributed by atoms with E-state index in [1.807, 2.05) is 26.8 Å². The van der Waals surface area contributed by atoms with E-state index in [0.29, 0.717) is 23.1 Å². The van der Waals surface area contributed by atoms with Gasteiger partial charge in [-0.05, 0) is 30.5 Å². The fourth-order valence-corrected chi connectivity index (χ4v) is 1.45. The van der Waals surface area contributed by atoms with Crippen LogP contribution in [-0.4, -0.2) is 12.5 Å². The Balaban J connectivity index is 2.59. The molecule has 0 spiro atoms. The average Bonchev–Trinajstić information content (AvgIpc) is 2.16. The number of benzene rings is 1. The molecule has 0 radical (unpaired) electrons. The highest BCUT2D eigenvalue weighted by atomic mass is 35.5. The molecule has 0 unspecified atom stereocenters. The molecule has 0 heterocycles. The molecule has 16 heavy (non-hydrogen) atoms. The minimum atomic E-state index is -0.314. The molecule has 0 aliphatic rings. The first-order valence-electron chi connectivity index (χ1n) is 5.19. The van der Waals surface area contributed by atoms with Crippen molar-refractivity contribution in [2.45, 2.75) is 20.8 Å². The maximum atomic E-state index is 11.6. The number of hydrogen-bond acceptors (Lipinski definition) is 2. The van der Waals surface area contributed by atoms with Crippen LogP contribution in [0.2, 0.25) is 5.02 Å². The summed E-state index contributed by atoms with van der Waals surface area (Å²) in [6, 6.07) is 5.27. The summed E-state index contributed by atoms with van der Waals surface area (Å²) >= 11 is 5.95. The largest absolute Gasteiger partial charge is 0.276 e. The maximum absolute atomic E-state index is 11.6. The Morgan fingerprint density at radius 1 is 1.50 bits per heavy atom. The van der Waals surface area contributed by atoms with Crippen molar-refractivity contribution in [1.29, 1.82) is 0 Å². The Bertz CT molecular complexity index is 377. The fraction of sp³-hybridized carbons (Fsp3) is 0.417. The average molecular weight is 242 g/mol. The van der Waals surface area contributed by atoms with Gasteiger partial charge in [0.15, 0.2) is 0 Å². The molecule has 0 atom stereocenters. The van der Waals surface area contributed by atoms with E-state index in [-0.39, 0.29) is 5.91 Å². The minimum Gasteiger partial charge on any atom is -0.273 e. The minimum absolute atomic E-state index is 0.314. The van der Waals surface area contributed by atoms with Crippen LogP contribution in [0.5, 0.6) is 0 Å². The Kier molecular flexibility index (Phi) is 4.77. The van der Waals surface area contributed by atoms with Gasteiger partial charge in [-0.25, -0.2) is 5.48 Å². The second kappa shape index (κ2) is 5.87. The molecule has 1 rings (SSSR count). The lowest BCUT2D eigenvalue weighted by Crippen LogP contribution is -2.25. The van der Waals surface area contributed by atoms with Gasteiger partial charge in [-0.15, -0.1) is 0 Å². The number of rotatable bonds is 4. The Labute approximate surface area is 101 Å². The molecular weight excluding hydrogens is 226 g/mol. The van der Waals surface area contributed by atoms with Gasteiger partial charge in [0.1, 0.15) is 0 Å². The van der Waals surface area contributed by atoms with E-state index in [2.05, 4.69) is 5.48 Å². The lowest BCUT2D eigenvalue weighted by Gasteiger charge is -2.09. The molecule has 1 amide bonds. The number of carbonyl (C=O) groups excluding carboxylic acids is 1. The van der Waals surface area contributed by atoms with Gasteiger partial charge in [0, 0.05) is 0 Å². The summed E-state index contributed by atoms with van der Waals surface area (Å²) in [6.45, 7) is 6.41. The molecular formula is C12H16ClNO2. The number of hydroxylamine groups is 1. The van der Waals surface area contributed by atoms with Crippen LogP contribution in [0.3, 0.4) is 0 Å². The summed E-state index contributed by atoms with van der Waals surface area (Å²) in [6.07, 6.45) is 0. The van der Waals surface area contributed by atoms with E-state index < -0.39 is 0 Å². The van der Waals surface area contributed by atoms with Crippen molar-refractivity contribution in [2.24, 2.45) is 5.92 Å². The van der Waals surface area contributed by atoms with Crippen molar-refractivity contribution in [3.63, 3.8) is 0 Å². The van der Waals surface area contributed by atoms with E-state index in [1.54, 1.807) is 12.1 Å². The number of nitrogens with one attached hydrogen (secondary N) is 1. The first-order chi connectivity index (χ1) is 7.50. The first-order valence-corrected chi connectivity index (χ1v) is 5.56. The number of carbonyl (C=O) groups is 1. The van der Waals surface area contributed by atoms with Crippen LogP contribution in [0.1, 0.15) is 29.8 Å². The van der Waals surface area contributed by atoms with Gasteiger partial charge in [-0.2, -0.15) is 0 Å². The van der Waals surface area contributed by atoms with Crippen molar-refractivity contribution in [3.8, 4) is 0 Å². The predicted molar refractivity (Wildman–Crippen MR) is 64.4 cm³/mol. The molecule has 1 aromatic carbocycles. The van der Waals surface area contributed by atoms with E-state index >= 15 is 0 Å². The number of amides is 1. The molecule has 0 fully saturated rings. The molecule has 0 saturated heterocycles.